The fourth-order valence-corrected chi connectivity index (χ4v) is 4.04. The highest BCUT2D eigenvalue weighted by Gasteiger charge is 2.17. The maximum Gasteiger partial charge on any atom is 0.332 e. The molecule has 158 valence electrons. The summed E-state index contributed by atoms with van der Waals surface area (Å²) < 4.78 is 7.69. The lowest BCUT2D eigenvalue weighted by Crippen LogP contribution is -2.42. The fourth-order valence-electron chi connectivity index (χ4n) is 3.35. The van der Waals surface area contributed by atoms with Crippen molar-refractivity contribution >= 4 is 34.0 Å². The monoisotopic (exact) mass is 436 g/mol. The van der Waals surface area contributed by atoms with Crippen molar-refractivity contribution in [3.05, 3.63) is 85.3 Å². The fraction of sp³-hybridized carbons (Fsp3) is 0.182. The zero-order chi connectivity index (χ0) is 22.0. The first kappa shape index (κ1) is 20.5. The van der Waals surface area contributed by atoms with E-state index in [0.29, 0.717) is 17.0 Å². The van der Waals surface area contributed by atoms with Gasteiger partial charge in [0.05, 0.1) is 24.9 Å². The Kier molecular flexibility index (Phi) is 5.68. The molecule has 0 unspecified atom stereocenters. The first-order valence-corrected chi connectivity index (χ1v) is 10.4. The number of anilines is 1. The van der Waals surface area contributed by atoms with Crippen molar-refractivity contribution in [2.75, 3.05) is 12.4 Å². The minimum atomic E-state index is -0.565. The lowest BCUT2D eigenvalue weighted by Gasteiger charge is -2.14. The molecule has 0 aliphatic carbocycles. The van der Waals surface area contributed by atoms with E-state index in [1.54, 1.807) is 24.3 Å². The van der Waals surface area contributed by atoms with Crippen LogP contribution in [0.3, 0.4) is 0 Å². The molecule has 0 aliphatic rings. The molecule has 9 heteroatoms. The molecule has 4 aromatic rings. The van der Waals surface area contributed by atoms with Gasteiger partial charge in [-0.2, -0.15) is 0 Å². The molecule has 1 aromatic carbocycles. The summed E-state index contributed by atoms with van der Waals surface area (Å²) in [6.45, 7) is 1.75. The van der Waals surface area contributed by atoms with Crippen molar-refractivity contribution in [2.45, 2.75) is 20.0 Å². The van der Waals surface area contributed by atoms with Crippen LogP contribution < -0.4 is 21.3 Å². The highest BCUT2D eigenvalue weighted by Crippen LogP contribution is 2.25. The van der Waals surface area contributed by atoms with Gasteiger partial charge in [-0.25, -0.2) is 9.78 Å². The van der Waals surface area contributed by atoms with Gasteiger partial charge in [0.2, 0.25) is 5.91 Å². The number of hydrogen-bond donors (Lipinski definition) is 1. The number of carbonyl (C=O) groups is 1. The summed E-state index contributed by atoms with van der Waals surface area (Å²) in [7, 11) is 1.52. The Morgan fingerprint density at radius 2 is 2.00 bits per heavy atom. The van der Waals surface area contributed by atoms with Crippen LogP contribution in [-0.2, 0) is 17.9 Å². The van der Waals surface area contributed by atoms with E-state index in [4.69, 9.17) is 4.74 Å². The number of aromatic nitrogens is 3. The first-order chi connectivity index (χ1) is 15.0. The topological polar surface area (TPSA) is 95.2 Å². The van der Waals surface area contributed by atoms with Crippen molar-refractivity contribution in [2.24, 2.45) is 0 Å². The Morgan fingerprint density at radius 3 is 2.74 bits per heavy atom. The summed E-state index contributed by atoms with van der Waals surface area (Å²) in [6, 6.07) is 12.4. The summed E-state index contributed by atoms with van der Waals surface area (Å²) in [6.07, 6.45) is 1.49. The van der Waals surface area contributed by atoms with E-state index in [-0.39, 0.29) is 18.6 Å². The number of methoxy groups -OCH3 is 1. The lowest BCUT2D eigenvalue weighted by atomic mass is 10.2. The van der Waals surface area contributed by atoms with E-state index in [1.807, 2.05) is 30.5 Å². The van der Waals surface area contributed by atoms with Gasteiger partial charge in [0.15, 0.2) is 5.52 Å². The second-order valence-corrected chi connectivity index (χ2v) is 7.99. The van der Waals surface area contributed by atoms with E-state index in [2.05, 4.69) is 10.3 Å². The Labute approximate surface area is 181 Å². The van der Waals surface area contributed by atoms with E-state index in [9.17, 15) is 14.4 Å². The van der Waals surface area contributed by atoms with Crippen molar-refractivity contribution in [3.63, 3.8) is 0 Å². The van der Waals surface area contributed by atoms with Crippen LogP contribution in [0, 0.1) is 6.92 Å². The number of pyridine rings is 1. The average Bonchev–Trinajstić information content (AvgIpc) is 3.28. The van der Waals surface area contributed by atoms with Crippen molar-refractivity contribution in [1.29, 1.82) is 0 Å². The number of nitrogens with one attached hydrogen (secondary N) is 1. The number of aryl methyl sites for hydroxylation is 1. The Balaban J connectivity index is 1.75. The number of ether oxygens (including phenoxy) is 1. The second-order valence-electron chi connectivity index (χ2n) is 6.96. The summed E-state index contributed by atoms with van der Waals surface area (Å²) in [4.78, 5) is 43.9. The van der Waals surface area contributed by atoms with Gasteiger partial charge >= 0.3 is 5.69 Å². The highest BCUT2D eigenvalue weighted by atomic mass is 32.1. The van der Waals surface area contributed by atoms with Crippen molar-refractivity contribution in [1.82, 2.24) is 14.1 Å². The zero-order valence-corrected chi connectivity index (χ0v) is 17.8. The molecule has 0 saturated heterocycles. The Morgan fingerprint density at radius 1 is 1.16 bits per heavy atom. The van der Waals surface area contributed by atoms with Gasteiger partial charge in [0.1, 0.15) is 12.3 Å². The molecule has 31 heavy (non-hydrogen) atoms. The summed E-state index contributed by atoms with van der Waals surface area (Å²) >= 11 is 1.45. The molecule has 0 fully saturated rings. The molecular formula is C22H20N4O4S. The van der Waals surface area contributed by atoms with Gasteiger partial charge in [-0.1, -0.05) is 12.1 Å². The molecular weight excluding hydrogens is 416 g/mol. The van der Waals surface area contributed by atoms with Gasteiger partial charge < -0.3 is 10.1 Å². The van der Waals surface area contributed by atoms with E-state index in [0.717, 1.165) is 15.0 Å². The van der Waals surface area contributed by atoms with Gasteiger partial charge in [0.25, 0.3) is 5.56 Å². The van der Waals surface area contributed by atoms with E-state index < -0.39 is 17.2 Å². The second kappa shape index (κ2) is 8.57. The van der Waals surface area contributed by atoms with Crippen molar-refractivity contribution in [3.8, 4) is 5.75 Å². The normalized spacial score (nSPS) is 10.9. The van der Waals surface area contributed by atoms with Crippen LogP contribution in [0.4, 0.5) is 5.69 Å². The van der Waals surface area contributed by atoms with Gasteiger partial charge in [0, 0.05) is 11.1 Å². The van der Waals surface area contributed by atoms with Crippen LogP contribution in [0.1, 0.15) is 10.4 Å². The molecule has 1 N–H and O–H groups in total. The SMILES string of the molecule is COc1ccc(C)cc1NC(=O)Cn1c(=O)n(Cc2cccs2)c(=O)c2ncccc21. The quantitative estimate of drug-likeness (QED) is 0.501. The van der Waals surface area contributed by atoms with Crippen LogP contribution in [0.25, 0.3) is 11.0 Å². The van der Waals surface area contributed by atoms with Crippen LogP contribution in [0.2, 0.25) is 0 Å². The number of nitrogens with zero attached hydrogens (tertiary/aromatic N) is 3. The predicted octanol–water partition coefficient (Wildman–Crippen LogP) is 2.62. The zero-order valence-electron chi connectivity index (χ0n) is 17.0. The third kappa shape index (κ3) is 4.13. The number of hydrogen-bond acceptors (Lipinski definition) is 6. The first-order valence-electron chi connectivity index (χ1n) is 9.53. The number of rotatable bonds is 6. The van der Waals surface area contributed by atoms with Gasteiger partial charge in [-0.3, -0.25) is 18.7 Å². The maximum atomic E-state index is 13.2. The lowest BCUT2D eigenvalue weighted by molar-refractivity contribution is -0.116. The number of fused-ring (bicyclic) bond motifs is 1. The number of carbonyl (C=O) groups excluding carboxylic acids is 1. The molecule has 0 saturated carbocycles. The Bertz CT molecular complexity index is 1370. The van der Waals surface area contributed by atoms with Crippen LogP contribution in [0.15, 0.2) is 63.6 Å². The summed E-state index contributed by atoms with van der Waals surface area (Å²) in [5.74, 6) is 0.0953. The van der Waals surface area contributed by atoms with Gasteiger partial charge in [-0.15, -0.1) is 11.3 Å². The predicted molar refractivity (Wildman–Crippen MR) is 120 cm³/mol. The molecule has 3 aromatic heterocycles. The highest BCUT2D eigenvalue weighted by molar-refractivity contribution is 7.09. The van der Waals surface area contributed by atoms with E-state index >= 15 is 0 Å². The third-order valence-electron chi connectivity index (χ3n) is 4.81. The minimum absolute atomic E-state index is 0.120. The molecule has 0 radical (unpaired) electrons. The van der Waals surface area contributed by atoms with Crippen LogP contribution in [-0.4, -0.2) is 27.1 Å². The number of thiophene rings is 1. The molecule has 0 bridgehead atoms. The third-order valence-corrected chi connectivity index (χ3v) is 5.67. The van der Waals surface area contributed by atoms with Crippen LogP contribution in [0.5, 0.6) is 5.75 Å². The van der Waals surface area contributed by atoms with Crippen LogP contribution >= 0.6 is 11.3 Å². The van der Waals surface area contributed by atoms with Crippen molar-refractivity contribution < 1.29 is 9.53 Å². The smallest absolute Gasteiger partial charge is 0.332 e. The Hall–Kier alpha value is -3.72. The van der Waals surface area contributed by atoms with E-state index in [1.165, 1.54) is 29.2 Å². The molecule has 1 amide bonds. The largest absolute Gasteiger partial charge is 0.495 e. The minimum Gasteiger partial charge on any atom is -0.495 e. The maximum absolute atomic E-state index is 13.2. The molecule has 0 atom stereocenters. The molecule has 3 heterocycles. The number of benzene rings is 1. The molecule has 0 spiro atoms. The summed E-state index contributed by atoms with van der Waals surface area (Å²) in [5.41, 5.74) is 0.865. The average molecular weight is 436 g/mol. The molecule has 0 aliphatic heterocycles. The summed E-state index contributed by atoms with van der Waals surface area (Å²) in [5, 5.41) is 4.67. The molecule has 8 nitrogen and oxygen atoms in total. The standard InChI is InChI=1S/C22H20N4O4S/c1-14-7-8-18(30-2)16(11-14)24-19(27)13-25-17-6-3-9-23-20(17)21(28)26(22(25)29)12-15-5-4-10-31-15/h3-11H,12-13H2,1-2H3,(H,24,27). The van der Waals surface area contributed by atoms with Gasteiger partial charge in [-0.05, 0) is 48.2 Å². The molecule has 4 rings (SSSR count). The number of amides is 1.